The molecule has 1 aromatic carbocycles. The van der Waals surface area contributed by atoms with E-state index in [9.17, 15) is 9.90 Å². The molecule has 0 unspecified atom stereocenters. The van der Waals surface area contributed by atoms with Crippen molar-refractivity contribution in [3.8, 4) is 5.75 Å². The van der Waals surface area contributed by atoms with Crippen molar-refractivity contribution in [3.63, 3.8) is 0 Å². The van der Waals surface area contributed by atoms with Crippen LogP contribution < -0.4 is 5.32 Å². The monoisotopic (exact) mass is 265 g/mol. The van der Waals surface area contributed by atoms with Crippen molar-refractivity contribution in [3.05, 3.63) is 29.3 Å². The molecule has 1 aromatic rings. The highest BCUT2D eigenvalue weighted by Crippen LogP contribution is 2.15. The first-order chi connectivity index (χ1) is 9.00. The van der Waals surface area contributed by atoms with E-state index < -0.39 is 0 Å². The number of benzene rings is 1. The van der Waals surface area contributed by atoms with Gasteiger partial charge in [-0.3, -0.25) is 4.79 Å². The molecule has 0 heterocycles. The van der Waals surface area contributed by atoms with Crippen LogP contribution in [0.15, 0.2) is 18.2 Å². The lowest BCUT2D eigenvalue weighted by Crippen LogP contribution is -2.28. The number of phenols is 1. The third kappa shape index (κ3) is 5.75. The van der Waals surface area contributed by atoms with E-state index >= 15 is 0 Å². The highest BCUT2D eigenvalue weighted by molar-refractivity contribution is 5.95. The molecule has 0 radical (unpaired) electrons. The van der Waals surface area contributed by atoms with E-state index in [2.05, 4.69) is 19.2 Å². The zero-order valence-corrected chi connectivity index (χ0v) is 11.9. The van der Waals surface area contributed by atoms with E-state index in [4.69, 9.17) is 4.74 Å². The number of amides is 1. The summed E-state index contributed by atoms with van der Waals surface area (Å²) in [6.07, 6.45) is 1.03. The molecule has 0 fully saturated rings. The van der Waals surface area contributed by atoms with Crippen LogP contribution >= 0.6 is 0 Å². The number of carbonyl (C=O) groups excluding carboxylic acids is 1. The van der Waals surface area contributed by atoms with E-state index in [0.29, 0.717) is 24.6 Å². The minimum absolute atomic E-state index is 0.134. The van der Waals surface area contributed by atoms with Gasteiger partial charge in [0.15, 0.2) is 0 Å². The van der Waals surface area contributed by atoms with E-state index in [-0.39, 0.29) is 11.7 Å². The van der Waals surface area contributed by atoms with Crippen molar-refractivity contribution < 1.29 is 14.6 Å². The zero-order valence-electron chi connectivity index (χ0n) is 11.9. The topological polar surface area (TPSA) is 58.6 Å². The number of nitrogens with one attached hydrogen (secondary N) is 1. The van der Waals surface area contributed by atoms with Gasteiger partial charge in [0.05, 0.1) is 6.61 Å². The average Bonchev–Trinajstić information content (AvgIpc) is 2.32. The van der Waals surface area contributed by atoms with Gasteiger partial charge in [-0.2, -0.15) is 0 Å². The Morgan fingerprint density at radius 3 is 2.74 bits per heavy atom. The Morgan fingerprint density at radius 1 is 1.37 bits per heavy atom. The molecule has 0 aliphatic heterocycles. The molecule has 2 N–H and O–H groups in total. The van der Waals surface area contributed by atoms with Crippen molar-refractivity contribution in [2.45, 2.75) is 27.2 Å². The number of ether oxygens (including phenoxy) is 1. The number of phenolic OH excluding ortho intramolecular Hbond substituents is 1. The number of hydrogen-bond acceptors (Lipinski definition) is 3. The fourth-order valence-corrected chi connectivity index (χ4v) is 1.66. The molecule has 1 rings (SSSR count). The minimum atomic E-state index is -0.134. The third-order valence-electron chi connectivity index (χ3n) is 2.83. The Hall–Kier alpha value is -1.55. The second kappa shape index (κ2) is 7.79. The van der Waals surface area contributed by atoms with Gasteiger partial charge < -0.3 is 15.2 Å². The smallest absolute Gasteiger partial charge is 0.251 e. The average molecular weight is 265 g/mol. The molecular weight excluding hydrogens is 242 g/mol. The molecule has 0 bridgehead atoms. The van der Waals surface area contributed by atoms with Gasteiger partial charge in [-0.15, -0.1) is 0 Å². The van der Waals surface area contributed by atoms with Crippen molar-refractivity contribution in [2.75, 3.05) is 19.8 Å². The second-order valence-corrected chi connectivity index (χ2v) is 5.05. The van der Waals surface area contributed by atoms with Gasteiger partial charge in [-0.1, -0.05) is 13.8 Å². The SMILES string of the molecule is Cc1cc(O)ccc1C(=O)NCCOCCC(C)C. The van der Waals surface area contributed by atoms with Gasteiger partial charge in [-0.25, -0.2) is 0 Å². The summed E-state index contributed by atoms with van der Waals surface area (Å²) in [6.45, 7) is 7.85. The molecule has 19 heavy (non-hydrogen) atoms. The number of carbonyl (C=O) groups is 1. The van der Waals surface area contributed by atoms with Gasteiger partial charge in [0.2, 0.25) is 0 Å². The van der Waals surface area contributed by atoms with Crippen LogP contribution in [0.3, 0.4) is 0 Å². The lowest BCUT2D eigenvalue weighted by atomic mass is 10.1. The number of aromatic hydroxyl groups is 1. The van der Waals surface area contributed by atoms with Crippen LogP contribution in [0.25, 0.3) is 0 Å². The molecule has 1 amide bonds. The first-order valence-corrected chi connectivity index (χ1v) is 6.66. The highest BCUT2D eigenvalue weighted by Gasteiger charge is 2.08. The van der Waals surface area contributed by atoms with Crippen LogP contribution in [0, 0.1) is 12.8 Å². The summed E-state index contributed by atoms with van der Waals surface area (Å²) in [5, 5.41) is 12.1. The summed E-state index contributed by atoms with van der Waals surface area (Å²) in [5.41, 5.74) is 1.35. The summed E-state index contributed by atoms with van der Waals surface area (Å²) in [7, 11) is 0. The molecule has 0 saturated carbocycles. The Balaban J connectivity index is 2.28. The Morgan fingerprint density at radius 2 is 2.11 bits per heavy atom. The normalized spacial score (nSPS) is 10.7. The van der Waals surface area contributed by atoms with Crippen molar-refractivity contribution >= 4 is 5.91 Å². The van der Waals surface area contributed by atoms with Crippen LogP contribution in [0.5, 0.6) is 5.75 Å². The quantitative estimate of drug-likeness (QED) is 0.745. The molecule has 106 valence electrons. The molecule has 0 aliphatic rings. The summed E-state index contributed by atoms with van der Waals surface area (Å²) < 4.78 is 5.43. The maximum atomic E-state index is 11.9. The molecule has 0 saturated heterocycles. The number of rotatable bonds is 7. The van der Waals surface area contributed by atoms with Crippen LogP contribution in [-0.2, 0) is 4.74 Å². The Labute approximate surface area is 114 Å². The van der Waals surface area contributed by atoms with Crippen LogP contribution in [0.2, 0.25) is 0 Å². The number of aryl methyl sites for hydroxylation is 1. The van der Waals surface area contributed by atoms with Gasteiger partial charge in [0.1, 0.15) is 5.75 Å². The van der Waals surface area contributed by atoms with Crippen LogP contribution in [-0.4, -0.2) is 30.8 Å². The van der Waals surface area contributed by atoms with Gasteiger partial charge in [0.25, 0.3) is 5.91 Å². The molecule has 0 spiro atoms. The van der Waals surface area contributed by atoms with Crippen LogP contribution in [0.1, 0.15) is 36.2 Å². The maximum Gasteiger partial charge on any atom is 0.251 e. The maximum absolute atomic E-state index is 11.9. The zero-order chi connectivity index (χ0) is 14.3. The van der Waals surface area contributed by atoms with Gasteiger partial charge in [0, 0.05) is 18.7 Å². The molecule has 4 heteroatoms. The largest absolute Gasteiger partial charge is 0.508 e. The van der Waals surface area contributed by atoms with E-state index in [1.807, 2.05) is 0 Å². The van der Waals surface area contributed by atoms with Crippen molar-refractivity contribution in [2.24, 2.45) is 5.92 Å². The van der Waals surface area contributed by atoms with Crippen LogP contribution in [0.4, 0.5) is 0 Å². The third-order valence-corrected chi connectivity index (χ3v) is 2.83. The van der Waals surface area contributed by atoms with Crippen molar-refractivity contribution in [1.82, 2.24) is 5.32 Å². The first kappa shape index (κ1) is 15.5. The van der Waals surface area contributed by atoms with Crippen molar-refractivity contribution in [1.29, 1.82) is 0 Å². The Kier molecular flexibility index (Phi) is 6.36. The van der Waals surface area contributed by atoms with E-state index in [1.54, 1.807) is 19.1 Å². The standard InChI is InChI=1S/C15H23NO3/c1-11(2)6-8-19-9-7-16-15(18)14-5-4-13(17)10-12(14)3/h4-5,10-11,17H,6-9H2,1-3H3,(H,16,18). The Bertz CT molecular complexity index is 416. The fourth-order valence-electron chi connectivity index (χ4n) is 1.66. The summed E-state index contributed by atoms with van der Waals surface area (Å²) in [4.78, 5) is 11.9. The molecule has 0 aliphatic carbocycles. The lowest BCUT2D eigenvalue weighted by Gasteiger charge is -2.09. The van der Waals surface area contributed by atoms with Gasteiger partial charge >= 0.3 is 0 Å². The fraction of sp³-hybridized carbons (Fsp3) is 0.533. The molecular formula is C15H23NO3. The van der Waals surface area contributed by atoms with E-state index in [0.717, 1.165) is 18.6 Å². The van der Waals surface area contributed by atoms with Gasteiger partial charge in [-0.05, 0) is 43.0 Å². The molecule has 0 aromatic heterocycles. The summed E-state index contributed by atoms with van der Waals surface area (Å²) in [5.74, 6) is 0.672. The predicted molar refractivity (Wildman–Crippen MR) is 75.5 cm³/mol. The van der Waals surface area contributed by atoms with E-state index in [1.165, 1.54) is 6.07 Å². The first-order valence-electron chi connectivity index (χ1n) is 6.66. The number of hydrogen-bond donors (Lipinski definition) is 2. The summed E-state index contributed by atoms with van der Waals surface area (Å²) in [6, 6.07) is 4.72. The molecule has 0 atom stereocenters. The second-order valence-electron chi connectivity index (χ2n) is 5.05. The molecule has 4 nitrogen and oxygen atoms in total. The summed E-state index contributed by atoms with van der Waals surface area (Å²) >= 11 is 0. The lowest BCUT2D eigenvalue weighted by molar-refractivity contribution is 0.0905. The minimum Gasteiger partial charge on any atom is -0.508 e. The highest BCUT2D eigenvalue weighted by atomic mass is 16.5. The predicted octanol–water partition coefficient (Wildman–Crippen LogP) is 2.49.